The van der Waals surface area contributed by atoms with Crippen LogP contribution in [0.5, 0.6) is 5.75 Å². The summed E-state index contributed by atoms with van der Waals surface area (Å²) in [6, 6.07) is 26.1. The maximum atomic E-state index is 11.8. The number of carboxylic acid groups (broad SMARTS) is 1. The van der Waals surface area contributed by atoms with Gasteiger partial charge in [-0.15, -0.1) is 0 Å². The van der Waals surface area contributed by atoms with Gasteiger partial charge < -0.3 is 9.84 Å². The molecule has 3 rings (SSSR count). The highest BCUT2D eigenvalue weighted by Gasteiger charge is 2.08. The largest absolute Gasteiger partial charge is 0.497 e. The molecule has 4 heteroatoms. The van der Waals surface area contributed by atoms with E-state index < -0.39 is 5.97 Å². The second-order valence-corrected chi connectivity index (χ2v) is 8.33. The number of hydrogen-bond acceptors (Lipinski definition) is 3. The number of unbranched alkanes of at least 4 members (excludes halogenated alkanes) is 5. The van der Waals surface area contributed by atoms with E-state index in [-0.39, 0.29) is 5.78 Å². The van der Waals surface area contributed by atoms with E-state index in [2.05, 4.69) is 6.92 Å². The Kier molecular flexibility index (Phi) is 12.6. The first-order valence-corrected chi connectivity index (χ1v) is 12.3. The van der Waals surface area contributed by atoms with Crippen LogP contribution in [0.3, 0.4) is 0 Å². The van der Waals surface area contributed by atoms with Crippen LogP contribution in [-0.4, -0.2) is 24.0 Å². The Hall–Kier alpha value is -3.66. The third-order valence-corrected chi connectivity index (χ3v) is 5.60. The van der Waals surface area contributed by atoms with E-state index in [0.29, 0.717) is 12.0 Å². The molecule has 0 atom stereocenters. The third kappa shape index (κ3) is 10.4. The molecule has 184 valence electrons. The molecule has 0 bridgehead atoms. The molecule has 0 saturated carbocycles. The molecule has 3 aromatic rings. The van der Waals surface area contributed by atoms with Gasteiger partial charge in [0.1, 0.15) is 5.75 Å². The van der Waals surface area contributed by atoms with Gasteiger partial charge in [0, 0.05) is 16.7 Å². The number of carbonyl (C=O) groups is 2. The average Bonchev–Trinajstić information content (AvgIpc) is 2.91. The Bertz CT molecular complexity index is 997. The summed E-state index contributed by atoms with van der Waals surface area (Å²) in [4.78, 5) is 23.1. The zero-order valence-corrected chi connectivity index (χ0v) is 20.8. The van der Waals surface area contributed by atoms with Gasteiger partial charge in [-0.2, -0.15) is 0 Å². The summed E-state index contributed by atoms with van der Waals surface area (Å²) in [5, 5.41) is 9.28. The van der Waals surface area contributed by atoms with Crippen LogP contribution in [0, 0.1) is 0 Å². The Morgan fingerprint density at radius 3 is 1.74 bits per heavy atom. The van der Waals surface area contributed by atoms with Gasteiger partial charge in [-0.05, 0) is 36.6 Å². The minimum atomic E-state index is -0.820. The van der Waals surface area contributed by atoms with Crippen LogP contribution in [0.25, 0.3) is 6.08 Å². The number of aliphatic carboxylic acids is 1. The third-order valence-electron chi connectivity index (χ3n) is 5.60. The summed E-state index contributed by atoms with van der Waals surface area (Å²) in [6.45, 7) is 2.19. The maximum Gasteiger partial charge on any atom is 0.331 e. The molecule has 0 unspecified atom stereocenters. The van der Waals surface area contributed by atoms with Gasteiger partial charge in [-0.25, -0.2) is 4.79 Å². The zero-order valence-electron chi connectivity index (χ0n) is 20.8. The molecule has 0 radical (unpaired) electrons. The van der Waals surface area contributed by atoms with E-state index in [0.717, 1.165) is 35.3 Å². The van der Waals surface area contributed by atoms with Crippen molar-refractivity contribution in [1.82, 2.24) is 0 Å². The van der Waals surface area contributed by atoms with Crippen LogP contribution in [0.15, 0.2) is 90.5 Å². The molecular weight excluding hydrogens is 436 g/mol. The topological polar surface area (TPSA) is 63.6 Å². The van der Waals surface area contributed by atoms with Crippen molar-refractivity contribution in [1.29, 1.82) is 0 Å². The lowest BCUT2D eigenvalue weighted by Crippen LogP contribution is -2.00. The fraction of sp³-hybridized carbons (Fsp3) is 0.290. The van der Waals surface area contributed by atoms with Crippen molar-refractivity contribution in [2.45, 2.75) is 51.9 Å². The molecule has 0 aliphatic carbocycles. The summed E-state index contributed by atoms with van der Waals surface area (Å²) >= 11 is 0. The molecule has 1 N–H and O–H groups in total. The Balaban J connectivity index is 0.000000266. The van der Waals surface area contributed by atoms with E-state index in [4.69, 9.17) is 4.74 Å². The maximum absolute atomic E-state index is 11.8. The monoisotopic (exact) mass is 472 g/mol. The van der Waals surface area contributed by atoms with Gasteiger partial charge in [0.05, 0.1) is 7.11 Å². The number of rotatable bonds is 12. The van der Waals surface area contributed by atoms with Crippen molar-refractivity contribution in [3.63, 3.8) is 0 Å². The number of ketones is 1. The zero-order chi connectivity index (χ0) is 25.3. The van der Waals surface area contributed by atoms with E-state index in [1.165, 1.54) is 25.7 Å². The predicted octanol–water partition coefficient (Wildman–Crippen LogP) is 7.83. The first-order chi connectivity index (χ1) is 17.0. The van der Waals surface area contributed by atoms with Crippen molar-refractivity contribution in [2.24, 2.45) is 0 Å². The number of ether oxygens (including phenoxy) is 1. The fourth-order valence-electron chi connectivity index (χ4n) is 3.58. The van der Waals surface area contributed by atoms with Crippen molar-refractivity contribution in [3.05, 3.63) is 107 Å². The van der Waals surface area contributed by atoms with Crippen LogP contribution in [0.4, 0.5) is 0 Å². The van der Waals surface area contributed by atoms with Gasteiger partial charge >= 0.3 is 5.97 Å². The number of benzene rings is 3. The average molecular weight is 473 g/mol. The Morgan fingerprint density at radius 2 is 1.26 bits per heavy atom. The standard InChI is InChI=1S/C18H26O3.C13H10O/c1-3-4-5-6-7-8-9-16(18(19)20)14-15-10-12-17(21-2)13-11-15;14-13(11-7-3-1-4-8-11)12-9-5-2-6-10-12/h10-14H,3-9H2,1-2H3,(H,19,20);1-10H. The molecule has 0 aliphatic heterocycles. The summed E-state index contributed by atoms with van der Waals surface area (Å²) in [5.41, 5.74) is 2.85. The molecule has 0 aromatic heterocycles. The van der Waals surface area contributed by atoms with Crippen LogP contribution < -0.4 is 4.74 Å². The fourth-order valence-corrected chi connectivity index (χ4v) is 3.58. The highest BCUT2D eigenvalue weighted by molar-refractivity contribution is 6.08. The molecule has 0 amide bonds. The first-order valence-electron chi connectivity index (χ1n) is 12.3. The lowest BCUT2D eigenvalue weighted by atomic mass is 10.0. The molecule has 3 aromatic carbocycles. The van der Waals surface area contributed by atoms with E-state index in [9.17, 15) is 14.7 Å². The lowest BCUT2D eigenvalue weighted by molar-refractivity contribution is -0.132. The summed E-state index contributed by atoms with van der Waals surface area (Å²) in [5.74, 6) is 0.0329. The minimum absolute atomic E-state index is 0.0752. The number of carbonyl (C=O) groups excluding carboxylic acids is 1. The van der Waals surface area contributed by atoms with Gasteiger partial charge in [-0.1, -0.05) is 112 Å². The first kappa shape index (κ1) is 27.6. The summed E-state index contributed by atoms with van der Waals surface area (Å²) in [6.07, 6.45) is 9.39. The van der Waals surface area contributed by atoms with E-state index in [1.807, 2.05) is 84.9 Å². The highest BCUT2D eigenvalue weighted by Crippen LogP contribution is 2.18. The van der Waals surface area contributed by atoms with E-state index in [1.54, 1.807) is 13.2 Å². The molecule has 0 spiro atoms. The molecule has 0 fully saturated rings. The second kappa shape index (κ2) is 16.0. The Morgan fingerprint density at radius 1 is 0.743 bits per heavy atom. The molecular formula is C31H36O4. The number of methoxy groups -OCH3 is 1. The lowest BCUT2D eigenvalue weighted by Gasteiger charge is -2.04. The molecule has 0 heterocycles. The van der Waals surface area contributed by atoms with Gasteiger partial charge in [0.15, 0.2) is 5.78 Å². The van der Waals surface area contributed by atoms with Crippen molar-refractivity contribution in [2.75, 3.05) is 7.11 Å². The van der Waals surface area contributed by atoms with Gasteiger partial charge in [-0.3, -0.25) is 4.79 Å². The van der Waals surface area contributed by atoms with Crippen LogP contribution in [0.2, 0.25) is 0 Å². The molecule has 0 aliphatic rings. The minimum Gasteiger partial charge on any atom is -0.497 e. The highest BCUT2D eigenvalue weighted by atomic mass is 16.5. The van der Waals surface area contributed by atoms with Crippen molar-refractivity contribution in [3.8, 4) is 5.75 Å². The van der Waals surface area contributed by atoms with Crippen molar-refractivity contribution < 1.29 is 19.4 Å². The van der Waals surface area contributed by atoms with Crippen molar-refractivity contribution >= 4 is 17.8 Å². The SMILES string of the molecule is CCCCCCCCC(=Cc1ccc(OC)cc1)C(=O)O.O=C(c1ccccc1)c1ccccc1. The van der Waals surface area contributed by atoms with Crippen LogP contribution in [-0.2, 0) is 4.79 Å². The second-order valence-electron chi connectivity index (χ2n) is 8.33. The van der Waals surface area contributed by atoms with Gasteiger partial charge in [0.25, 0.3) is 0 Å². The summed E-state index contributed by atoms with van der Waals surface area (Å²) < 4.78 is 5.10. The molecule has 35 heavy (non-hydrogen) atoms. The molecule has 0 saturated heterocycles. The smallest absolute Gasteiger partial charge is 0.331 e. The number of carboxylic acids is 1. The quantitative estimate of drug-likeness (QED) is 0.166. The number of hydrogen-bond donors (Lipinski definition) is 1. The van der Waals surface area contributed by atoms with E-state index >= 15 is 0 Å². The normalized spacial score (nSPS) is 10.7. The Labute approximate surface area is 209 Å². The van der Waals surface area contributed by atoms with Gasteiger partial charge in [0.2, 0.25) is 0 Å². The summed E-state index contributed by atoms with van der Waals surface area (Å²) in [7, 11) is 1.62. The molecule has 4 nitrogen and oxygen atoms in total. The predicted molar refractivity (Wildman–Crippen MR) is 143 cm³/mol. The van der Waals surface area contributed by atoms with Crippen LogP contribution in [0.1, 0.15) is 73.4 Å². The van der Waals surface area contributed by atoms with Crippen LogP contribution >= 0.6 is 0 Å².